The highest BCUT2D eigenvalue weighted by Crippen LogP contribution is 2.37. The summed E-state index contributed by atoms with van der Waals surface area (Å²) in [5.41, 5.74) is 4.93. The fourth-order valence-corrected chi connectivity index (χ4v) is 2.69. The molecule has 0 aromatic heterocycles. The summed E-state index contributed by atoms with van der Waals surface area (Å²) in [6.45, 7) is 9.36. The largest absolute Gasteiger partial charge is 0.368 e. The molecule has 3 N–H and O–H groups in total. The van der Waals surface area contributed by atoms with Crippen LogP contribution in [0.2, 0.25) is 0 Å². The lowest BCUT2D eigenvalue weighted by molar-refractivity contribution is -0.124. The van der Waals surface area contributed by atoms with Gasteiger partial charge in [0.25, 0.3) is 0 Å². The molecule has 4 heteroatoms. The second-order valence-corrected chi connectivity index (χ2v) is 6.42. The molecule has 1 rings (SSSR count). The molecular weight excluding hydrogens is 238 g/mol. The van der Waals surface area contributed by atoms with Crippen LogP contribution in [0, 0.1) is 11.8 Å². The number of hydrogen-bond acceptors (Lipinski definition) is 3. The molecule has 0 aromatic carbocycles. The van der Waals surface area contributed by atoms with E-state index < -0.39 is 5.54 Å². The number of likely N-dealkylation sites (N-methyl/N-ethyl adjacent to an activating group) is 1. The molecule has 1 saturated carbocycles. The van der Waals surface area contributed by atoms with E-state index in [4.69, 9.17) is 5.73 Å². The van der Waals surface area contributed by atoms with Crippen molar-refractivity contribution in [3.63, 3.8) is 0 Å². The minimum Gasteiger partial charge on any atom is -0.368 e. The molecule has 0 aromatic rings. The Labute approximate surface area is 118 Å². The molecule has 3 atom stereocenters. The van der Waals surface area contributed by atoms with Gasteiger partial charge in [-0.25, -0.2) is 0 Å². The summed E-state index contributed by atoms with van der Waals surface area (Å²) in [7, 11) is 2.20. The fourth-order valence-electron chi connectivity index (χ4n) is 2.69. The molecule has 0 bridgehead atoms. The van der Waals surface area contributed by atoms with Crippen molar-refractivity contribution >= 4 is 5.91 Å². The van der Waals surface area contributed by atoms with Crippen molar-refractivity contribution in [2.45, 2.75) is 52.0 Å². The Balaban J connectivity index is 2.15. The first kappa shape index (κ1) is 16.4. The summed E-state index contributed by atoms with van der Waals surface area (Å²) in [6, 6.07) is 0. The maximum absolute atomic E-state index is 11.5. The first-order valence-electron chi connectivity index (χ1n) is 7.62. The monoisotopic (exact) mass is 269 g/mol. The van der Waals surface area contributed by atoms with E-state index >= 15 is 0 Å². The normalized spacial score (nSPS) is 25.3. The van der Waals surface area contributed by atoms with Crippen molar-refractivity contribution in [1.29, 1.82) is 0 Å². The summed E-state index contributed by atoms with van der Waals surface area (Å²) in [6.07, 6.45) is 4.39. The number of nitrogens with one attached hydrogen (secondary N) is 1. The number of nitrogens with zero attached hydrogens (tertiary/aromatic N) is 1. The maximum Gasteiger partial charge on any atom is 0.237 e. The Morgan fingerprint density at radius 1 is 1.47 bits per heavy atom. The lowest BCUT2D eigenvalue weighted by Crippen LogP contribution is -2.53. The third-order valence-corrected chi connectivity index (χ3v) is 4.40. The summed E-state index contributed by atoms with van der Waals surface area (Å²) >= 11 is 0. The number of primary amides is 1. The van der Waals surface area contributed by atoms with Crippen LogP contribution in [0.25, 0.3) is 0 Å². The highest BCUT2D eigenvalue weighted by Gasteiger charge is 2.33. The lowest BCUT2D eigenvalue weighted by Gasteiger charge is -2.27. The van der Waals surface area contributed by atoms with E-state index in [0.717, 1.165) is 44.2 Å². The van der Waals surface area contributed by atoms with E-state index in [1.54, 1.807) is 0 Å². The van der Waals surface area contributed by atoms with E-state index in [0.29, 0.717) is 0 Å². The Hall–Kier alpha value is -0.610. The number of unbranched alkanes of at least 4 members (excludes halogenated alkanes) is 1. The van der Waals surface area contributed by atoms with Gasteiger partial charge >= 0.3 is 0 Å². The molecule has 0 heterocycles. The van der Waals surface area contributed by atoms with Crippen molar-refractivity contribution in [1.82, 2.24) is 10.2 Å². The number of nitrogens with two attached hydrogens (primary N) is 1. The van der Waals surface area contributed by atoms with Crippen LogP contribution in [0.3, 0.4) is 0 Å². The molecule has 0 spiro atoms. The zero-order chi connectivity index (χ0) is 14.5. The molecule has 19 heavy (non-hydrogen) atoms. The summed E-state index contributed by atoms with van der Waals surface area (Å²) in [5.74, 6) is 1.60. The van der Waals surface area contributed by atoms with Crippen molar-refractivity contribution in [2.75, 3.05) is 26.7 Å². The minimum atomic E-state index is -0.543. The molecule has 4 nitrogen and oxygen atoms in total. The zero-order valence-corrected chi connectivity index (χ0v) is 13.0. The summed E-state index contributed by atoms with van der Waals surface area (Å²) in [5, 5.41) is 3.21. The van der Waals surface area contributed by atoms with Gasteiger partial charge in [-0.05, 0) is 64.6 Å². The molecule has 1 fully saturated rings. The molecule has 3 unspecified atom stereocenters. The molecule has 1 amide bonds. The van der Waals surface area contributed by atoms with Crippen LogP contribution >= 0.6 is 0 Å². The Morgan fingerprint density at radius 2 is 2.11 bits per heavy atom. The molecule has 1 aliphatic carbocycles. The average molecular weight is 269 g/mol. The van der Waals surface area contributed by atoms with Gasteiger partial charge in [0.1, 0.15) is 0 Å². The lowest BCUT2D eigenvalue weighted by atomic mass is 9.94. The van der Waals surface area contributed by atoms with E-state index in [-0.39, 0.29) is 5.91 Å². The minimum absolute atomic E-state index is 0.241. The van der Waals surface area contributed by atoms with Crippen LogP contribution in [-0.4, -0.2) is 43.0 Å². The zero-order valence-electron chi connectivity index (χ0n) is 13.0. The molecule has 112 valence electrons. The molecule has 0 radical (unpaired) electrons. The number of carbonyl (C=O) groups is 1. The quantitative estimate of drug-likeness (QED) is 0.592. The van der Waals surface area contributed by atoms with Crippen LogP contribution in [0.5, 0.6) is 0 Å². The van der Waals surface area contributed by atoms with Gasteiger partial charge in [0.05, 0.1) is 5.54 Å². The predicted molar refractivity (Wildman–Crippen MR) is 79.9 cm³/mol. The first-order valence-corrected chi connectivity index (χ1v) is 7.62. The topological polar surface area (TPSA) is 58.4 Å². The molecular formula is C15H31N3O. The van der Waals surface area contributed by atoms with E-state index in [9.17, 15) is 4.79 Å². The van der Waals surface area contributed by atoms with Crippen LogP contribution in [0.4, 0.5) is 0 Å². The SMILES string of the molecule is CCNC(C)(CCCCN(C)CC1CC1C)C(N)=O. The van der Waals surface area contributed by atoms with Crippen molar-refractivity contribution in [3.05, 3.63) is 0 Å². The van der Waals surface area contributed by atoms with Crippen LogP contribution in [0.1, 0.15) is 46.5 Å². The van der Waals surface area contributed by atoms with Gasteiger partial charge < -0.3 is 16.0 Å². The van der Waals surface area contributed by atoms with Gasteiger partial charge in [-0.1, -0.05) is 13.8 Å². The Kier molecular flexibility index (Phi) is 6.27. The third kappa shape index (κ3) is 5.49. The van der Waals surface area contributed by atoms with E-state index in [1.165, 1.54) is 13.0 Å². The summed E-state index contributed by atoms with van der Waals surface area (Å²) in [4.78, 5) is 13.9. The van der Waals surface area contributed by atoms with Gasteiger partial charge in [-0.3, -0.25) is 4.79 Å². The van der Waals surface area contributed by atoms with Crippen molar-refractivity contribution in [3.8, 4) is 0 Å². The van der Waals surface area contributed by atoms with Gasteiger partial charge in [-0.15, -0.1) is 0 Å². The first-order chi connectivity index (χ1) is 8.89. The van der Waals surface area contributed by atoms with Gasteiger partial charge in [0, 0.05) is 6.54 Å². The second kappa shape index (κ2) is 7.25. The number of amides is 1. The van der Waals surface area contributed by atoms with Gasteiger partial charge in [-0.2, -0.15) is 0 Å². The van der Waals surface area contributed by atoms with Gasteiger partial charge in [0.2, 0.25) is 5.91 Å². The highest BCUT2D eigenvalue weighted by molar-refractivity contribution is 5.84. The molecule has 1 aliphatic rings. The predicted octanol–water partition coefficient (Wildman–Crippen LogP) is 1.60. The highest BCUT2D eigenvalue weighted by atomic mass is 16.1. The Bertz CT molecular complexity index is 295. The number of carbonyl (C=O) groups excluding carboxylic acids is 1. The molecule has 0 aliphatic heterocycles. The summed E-state index contributed by atoms with van der Waals surface area (Å²) < 4.78 is 0. The maximum atomic E-state index is 11.5. The Morgan fingerprint density at radius 3 is 2.58 bits per heavy atom. The van der Waals surface area contributed by atoms with Crippen LogP contribution in [0.15, 0.2) is 0 Å². The number of hydrogen-bond donors (Lipinski definition) is 2. The van der Waals surface area contributed by atoms with Crippen molar-refractivity contribution in [2.24, 2.45) is 17.6 Å². The average Bonchev–Trinajstić information content (AvgIpc) is 3.00. The smallest absolute Gasteiger partial charge is 0.237 e. The van der Waals surface area contributed by atoms with Crippen LogP contribution in [-0.2, 0) is 4.79 Å². The van der Waals surface area contributed by atoms with Crippen LogP contribution < -0.4 is 11.1 Å². The number of rotatable bonds is 10. The van der Waals surface area contributed by atoms with E-state index in [1.807, 2.05) is 13.8 Å². The standard InChI is InChI=1S/C15H31N3O/c1-5-17-15(3,14(16)19)8-6-7-9-18(4)11-13-10-12(13)2/h12-13,17H,5-11H2,1-4H3,(H2,16,19). The molecule has 0 saturated heterocycles. The third-order valence-electron chi connectivity index (χ3n) is 4.40. The fraction of sp³-hybridized carbons (Fsp3) is 0.933. The second-order valence-electron chi connectivity index (χ2n) is 6.42. The van der Waals surface area contributed by atoms with Gasteiger partial charge in [0.15, 0.2) is 0 Å². The van der Waals surface area contributed by atoms with Crippen molar-refractivity contribution < 1.29 is 4.79 Å². The van der Waals surface area contributed by atoms with E-state index in [2.05, 4.69) is 24.2 Å².